The van der Waals surface area contributed by atoms with E-state index < -0.39 is 0 Å². The second kappa shape index (κ2) is 1.95. The van der Waals surface area contributed by atoms with Crippen molar-refractivity contribution in [3.05, 3.63) is 18.0 Å². The average Bonchev–Trinajstić information content (AvgIpc) is 2.31. The smallest absolute Gasteiger partial charge is 0.293 e. The fourth-order valence-electron chi connectivity index (χ4n) is 0.999. The molecule has 2 aromatic heterocycles. The fraction of sp³-hybridized carbons (Fsp3) is 0.143. The van der Waals surface area contributed by atoms with Crippen molar-refractivity contribution >= 4 is 17.1 Å². The maximum atomic E-state index is 5.35. The van der Waals surface area contributed by atoms with Crippen molar-refractivity contribution < 1.29 is 4.42 Å². The van der Waals surface area contributed by atoms with Gasteiger partial charge in [-0.3, -0.25) is 4.98 Å². The largest absolute Gasteiger partial charge is 0.424 e. The van der Waals surface area contributed by atoms with E-state index in [1.54, 1.807) is 12.3 Å². The van der Waals surface area contributed by atoms with Gasteiger partial charge in [-0.25, -0.2) is 0 Å². The Morgan fingerprint density at radius 1 is 1.55 bits per heavy atom. The molecule has 0 unspecified atom stereocenters. The van der Waals surface area contributed by atoms with Gasteiger partial charge in [-0.05, 0) is 6.92 Å². The summed E-state index contributed by atoms with van der Waals surface area (Å²) >= 11 is 0. The van der Waals surface area contributed by atoms with Crippen LogP contribution in [0.5, 0.6) is 0 Å². The average molecular weight is 149 g/mol. The molecule has 0 saturated heterocycles. The van der Waals surface area contributed by atoms with Crippen molar-refractivity contribution in [1.82, 2.24) is 9.97 Å². The van der Waals surface area contributed by atoms with Crippen LogP contribution in [0.3, 0.4) is 0 Å². The molecule has 4 heteroatoms. The van der Waals surface area contributed by atoms with Gasteiger partial charge in [0, 0.05) is 12.3 Å². The normalized spacial score (nSPS) is 10.6. The van der Waals surface area contributed by atoms with E-state index in [2.05, 4.69) is 9.97 Å². The van der Waals surface area contributed by atoms with Crippen molar-refractivity contribution in [3.63, 3.8) is 0 Å². The Morgan fingerprint density at radius 2 is 2.36 bits per heavy atom. The standard InChI is InChI=1S/C7H7N3O/c1-4-6-5(2-3-9-4)11-7(8)10-6/h2-3H,1H3,(H2,8,10). The minimum absolute atomic E-state index is 0.191. The van der Waals surface area contributed by atoms with Gasteiger partial charge < -0.3 is 10.2 Å². The molecule has 0 radical (unpaired) electrons. The number of rotatable bonds is 0. The van der Waals surface area contributed by atoms with Gasteiger partial charge in [0.05, 0.1) is 5.69 Å². The third kappa shape index (κ3) is 0.832. The van der Waals surface area contributed by atoms with Crippen LogP contribution in [0.1, 0.15) is 5.69 Å². The molecular weight excluding hydrogens is 142 g/mol. The number of fused-ring (bicyclic) bond motifs is 1. The van der Waals surface area contributed by atoms with Crippen LogP contribution >= 0.6 is 0 Å². The minimum atomic E-state index is 0.191. The third-order valence-electron chi connectivity index (χ3n) is 1.51. The molecule has 2 heterocycles. The highest BCUT2D eigenvalue weighted by molar-refractivity contribution is 5.75. The Morgan fingerprint density at radius 3 is 3.09 bits per heavy atom. The Labute approximate surface area is 63.1 Å². The van der Waals surface area contributed by atoms with Crippen molar-refractivity contribution in [2.45, 2.75) is 6.92 Å². The quantitative estimate of drug-likeness (QED) is 0.609. The molecule has 2 aromatic rings. The monoisotopic (exact) mass is 149 g/mol. The minimum Gasteiger partial charge on any atom is -0.424 e. The number of aromatic nitrogens is 2. The number of nitrogens with zero attached hydrogens (tertiary/aromatic N) is 2. The zero-order valence-electron chi connectivity index (χ0n) is 6.03. The van der Waals surface area contributed by atoms with Gasteiger partial charge in [0.2, 0.25) is 0 Å². The maximum absolute atomic E-state index is 5.35. The maximum Gasteiger partial charge on any atom is 0.293 e. The number of nitrogens with two attached hydrogens (primary N) is 1. The van der Waals surface area contributed by atoms with Crippen LogP contribution in [0, 0.1) is 6.92 Å². The molecule has 0 saturated carbocycles. The summed E-state index contributed by atoms with van der Waals surface area (Å²) in [5, 5.41) is 0. The van der Waals surface area contributed by atoms with Crippen LogP contribution in [0.25, 0.3) is 11.1 Å². The second-order valence-corrected chi connectivity index (χ2v) is 2.30. The van der Waals surface area contributed by atoms with E-state index in [9.17, 15) is 0 Å². The van der Waals surface area contributed by atoms with Crippen LogP contribution in [-0.2, 0) is 0 Å². The van der Waals surface area contributed by atoms with Crippen LogP contribution in [0.4, 0.5) is 6.01 Å². The number of anilines is 1. The summed E-state index contributed by atoms with van der Waals surface area (Å²) in [5.41, 5.74) is 7.62. The van der Waals surface area contributed by atoms with Gasteiger partial charge in [0.25, 0.3) is 6.01 Å². The predicted molar refractivity (Wildman–Crippen MR) is 41.0 cm³/mol. The highest BCUT2D eigenvalue weighted by atomic mass is 16.4. The lowest BCUT2D eigenvalue weighted by atomic mass is 10.3. The highest BCUT2D eigenvalue weighted by Crippen LogP contribution is 2.17. The van der Waals surface area contributed by atoms with Gasteiger partial charge in [-0.2, -0.15) is 4.98 Å². The van der Waals surface area contributed by atoms with E-state index in [1.165, 1.54) is 0 Å². The van der Waals surface area contributed by atoms with Crippen LogP contribution < -0.4 is 5.73 Å². The molecule has 0 spiro atoms. The Balaban J connectivity index is 2.90. The zero-order valence-corrected chi connectivity index (χ0v) is 6.03. The molecule has 2 N–H and O–H groups in total. The van der Waals surface area contributed by atoms with Gasteiger partial charge in [-0.15, -0.1) is 0 Å². The number of hydrogen-bond acceptors (Lipinski definition) is 4. The first kappa shape index (κ1) is 6.15. The molecule has 0 bridgehead atoms. The van der Waals surface area contributed by atoms with Crippen LogP contribution in [0.2, 0.25) is 0 Å². The van der Waals surface area contributed by atoms with E-state index in [1.807, 2.05) is 6.92 Å². The van der Waals surface area contributed by atoms with Crippen molar-refractivity contribution in [3.8, 4) is 0 Å². The summed E-state index contributed by atoms with van der Waals surface area (Å²) in [6, 6.07) is 1.93. The van der Waals surface area contributed by atoms with Crippen LogP contribution in [0.15, 0.2) is 16.7 Å². The van der Waals surface area contributed by atoms with Crippen LogP contribution in [-0.4, -0.2) is 9.97 Å². The van der Waals surface area contributed by atoms with Gasteiger partial charge >= 0.3 is 0 Å². The molecule has 0 aliphatic rings. The summed E-state index contributed by atoms with van der Waals surface area (Å²) in [5.74, 6) is 0. The molecule has 11 heavy (non-hydrogen) atoms. The lowest BCUT2D eigenvalue weighted by molar-refractivity contribution is 0.626. The number of oxazole rings is 1. The molecule has 0 aliphatic heterocycles. The summed E-state index contributed by atoms with van der Waals surface area (Å²) < 4.78 is 5.08. The Hall–Kier alpha value is -1.58. The second-order valence-electron chi connectivity index (χ2n) is 2.30. The summed E-state index contributed by atoms with van der Waals surface area (Å²) in [6.45, 7) is 1.87. The molecular formula is C7H7N3O. The highest BCUT2D eigenvalue weighted by Gasteiger charge is 2.03. The third-order valence-corrected chi connectivity index (χ3v) is 1.51. The molecule has 0 atom stereocenters. The first-order valence-electron chi connectivity index (χ1n) is 3.25. The molecule has 0 amide bonds. The first-order chi connectivity index (χ1) is 5.27. The number of pyridine rings is 1. The topological polar surface area (TPSA) is 64.9 Å². The van der Waals surface area contributed by atoms with Crippen molar-refractivity contribution in [2.24, 2.45) is 0 Å². The van der Waals surface area contributed by atoms with Gasteiger partial charge in [0.15, 0.2) is 5.58 Å². The van der Waals surface area contributed by atoms with Crippen molar-refractivity contribution in [1.29, 1.82) is 0 Å². The zero-order chi connectivity index (χ0) is 7.84. The van der Waals surface area contributed by atoms with Gasteiger partial charge in [0.1, 0.15) is 5.52 Å². The summed E-state index contributed by atoms with van der Waals surface area (Å²) in [6.07, 6.45) is 1.67. The van der Waals surface area contributed by atoms with E-state index >= 15 is 0 Å². The molecule has 0 aromatic carbocycles. The lowest BCUT2D eigenvalue weighted by Crippen LogP contribution is -1.83. The van der Waals surface area contributed by atoms with E-state index in [0.29, 0.717) is 5.58 Å². The van der Waals surface area contributed by atoms with E-state index in [0.717, 1.165) is 11.2 Å². The fourth-order valence-corrected chi connectivity index (χ4v) is 0.999. The number of hydrogen-bond donors (Lipinski definition) is 1. The first-order valence-corrected chi connectivity index (χ1v) is 3.25. The Kier molecular flexibility index (Phi) is 1.09. The molecule has 2 rings (SSSR count). The number of aryl methyl sites for hydroxylation is 1. The summed E-state index contributed by atoms with van der Waals surface area (Å²) in [7, 11) is 0. The summed E-state index contributed by atoms with van der Waals surface area (Å²) in [4.78, 5) is 8.00. The van der Waals surface area contributed by atoms with E-state index in [4.69, 9.17) is 10.2 Å². The molecule has 0 aliphatic carbocycles. The van der Waals surface area contributed by atoms with Crippen molar-refractivity contribution in [2.75, 3.05) is 5.73 Å². The molecule has 4 nitrogen and oxygen atoms in total. The SMILES string of the molecule is Cc1nccc2oc(N)nc12. The molecule has 56 valence electrons. The molecule has 0 fully saturated rings. The number of nitrogen functional groups attached to an aromatic ring is 1. The Bertz CT molecular complexity index is 393. The van der Waals surface area contributed by atoms with E-state index in [-0.39, 0.29) is 6.01 Å². The lowest BCUT2D eigenvalue weighted by Gasteiger charge is -1.87. The van der Waals surface area contributed by atoms with Gasteiger partial charge in [-0.1, -0.05) is 0 Å². The predicted octanol–water partition coefficient (Wildman–Crippen LogP) is 1.11.